The molecule has 2 aliphatic rings. The highest BCUT2D eigenvalue weighted by molar-refractivity contribution is 5.43. The third-order valence-electron chi connectivity index (χ3n) is 7.03. The first-order valence-electron chi connectivity index (χ1n) is 11.9. The van der Waals surface area contributed by atoms with Crippen molar-refractivity contribution in [3.8, 4) is 0 Å². The molecule has 1 N–H and O–H groups in total. The van der Waals surface area contributed by atoms with Crippen LogP contribution in [0.5, 0.6) is 0 Å². The summed E-state index contributed by atoms with van der Waals surface area (Å²) in [4.78, 5) is 11.4. The fourth-order valence-corrected chi connectivity index (χ4v) is 4.69. The lowest BCUT2D eigenvalue weighted by atomic mass is 9.83. The van der Waals surface area contributed by atoms with Gasteiger partial charge in [-0.15, -0.1) is 5.10 Å². The Morgan fingerprint density at radius 3 is 2.66 bits per heavy atom. The summed E-state index contributed by atoms with van der Waals surface area (Å²) in [6.07, 6.45) is 12.7. The van der Waals surface area contributed by atoms with Gasteiger partial charge in [0.15, 0.2) is 0 Å². The molecule has 5 rings (SSSR count). The van der Waals surface area contributed by atoms with E-state index in [1.165, 1.54) is 50.5 Å². The Hall–Kier alpha value is -2.96. The molecule has 0 spiro atoms. The Kier molecular flexibility index (Phi) is 5.81. The van der Waals surface area contributed by atoms with Gasteiger partial charge in [0.1, 0.15) is 11.5 Å². The fraction of sp³-hybridized carbons (Fsp3) is 0.520. The maximum absolute atomic E-state index is 4.85. The van der Waals surface area contributed by atoms with Gasteiger partial charge >= 0.3 is 0 Å². The van der Waals surface area contributed by atoms with Gasteiger partial charge in [0.2, 0.25) is 5.95 Å². The number of nitrogens with one attached hydrogen (secondary N) is 1. The number of anilines is 2. The summed E-state index contributed by atoms with van der Waals surface area (Å²) in [6.45, 7) is 3.02. The van der Waals surface area contributed by atoms with Crippen LogP contribution in [0.25, 0.3) is 0 Å². The van der Waals surface area contributed by atoms with Gasteiger partial charge in [-0.1, -0.05) is 54.8 Å². The van der Waals surface area contributed by atoms with Crippen LogP contribution in [0.15, 0.2) is 48.8 Å². The first-order chi connectivity index (χ1) is 15.6. The number of benzene rings is 1. The molecule has 1 unspecified atom stereocenters. The van der Waals surface area contributed by atoms with Crippen molar-refractivity contribution in [2.45, 2.75) is 70.0 Å². The van der Waals surface area contributed by atoms with Crippen molar-refractivity contribution in [3.05, 3.63) is 60.0 Å². The number of aromatic nitrogens is 5. The molecule has 0 bridgehead atoms. The predicted octanol–water partition coefficient (Wildman–Crippen LogP) is 4.95. The lowest BCUT2D eigenvalue weighted by Crippen LogP contribution is -2.25. The fourth-order valence-electron chi connectivity index (χ4n) is 4.69. The Balaban J connectivity index is 1.36. The first-order valence-corrected chi connectivity index (χ1v) is 11.9. The second-order valence-electron chi connectivity index (χ2n) is 9.69. The van der Waals surface area contributed by atoms with Crippen molar-refractivity contribution in [2.24, 2.45) is 5.92 Å². The summed E-state index contributed by atoms with van der Waals surface area (Å²) >= 11 is 0. The van der Waals surface area contributed by atoms with Gasteiger partial charge in [0, 0.05) is 19.8 Å². The minimum absolute atomic E-state index is 0.119. The van der Waals surface area contributed by atoms with Crippen LogP contribution < -0.4 is 10.2 Å². The van der Waals surface area contributed by atoms with Gasteiger partial charge in [-0.2, -0.15) is 4.98 Å². The summed E-state index contributed by atoms with van der Waals surface area (Å²) in [6, 6.07) is 12.5. The smallest absolute Gasteiger partial charge is 0.227 e. The van der Waals surface area contributed by atoms with Crippen LogP contribution in [0.2, 0.25) is 0 Å². The van der Waals surface area contributed by atoms with Crippen molar-refractivity contribution < 1.29 is 0 Å². The van der Waals surface area contributed by atoms with Gasteiger partial charge < -0.3 is 10.2 Å². The molecule has 1 atom stereocenters. The lowest BCUT2D eigenvalue weighted by molar-refractivity contribution is 0.317. The molecule has 3 aromatic rings. The lowest BCUT2D eigenvalue weighted by Gasteiger charge is -2.30. The molecular formula is C25H33N7. The number of hydrogen-bond donors (Lipinski definition) is 1. The average Bonchev–Trinajstić information content (AvgIpc) is 3.38. The number of nitrogens with zero attached hydrogens (tertiary/aromatic N) is 6. The summed E-state index contributed by atoms with van der Waals surface area (Å²) in [5.74, 6) is 2.11. The minimum Gasteiger partial charge on any atom is -0.361 e. The minimum atomic E-state index is 0.119. The highest BCUT2D eigenvalue weighted by atomic mass is 15.5. The molecule has 0 aliphatic heterocycles. The molecule has 0 amide bonds. The van der Waals surface area contributed by atoms with Crippen LogP contribution in [0.1, 0.15) is 69.2 Å². The Labute approximate surface area is 190 Å². The zero-order valence-electron chi connectivity index (χ0n) is 19.1. The highest BCUT2D eigenvalue weighted by Gasteiger charge is 2.41. The molecule has 0 saturated heterocycles. The molecule has 2 saturated carbocycles. The molecule has 1 aromatic carbocycles. The summed E-state index contributed by atoms with van der Waals surface area (Å²) in [7, 11) is 2.03. The van der Waals surface area contributed by atoms with Crippen LogP contribution in [0.3, 0.4) is 0 Å². The largest absolute Gasteiger partial charge is 0.361 e. The topological polar surface area (TPSA) is 71.8 Å². The van der Waals surface area contributed by atoms with Crippen LogP contribution in [-0.2, 0) is 12.1 Å². The zero-order chi connectivity index (χ0) is 22.0. The summed E-state index contributed by atoms with van der Waals surface area (Å²) in [5.41, 5.74) is 2.43. The van der Waals surface area contributed by atoms with Crippen molar-refractivity contribution in [2.75, 3.05) is 17.3 Å². The standard InChI is InChI=1S/C25H33N7/c1-25(14-15-25)32-18-21(29-30-32)23(20-11-7-4-8-12-20)27-22-13-16-26-24(28-22)31(2)17-19-9-5-3-6-10-19/h3,5-6,9-10,13,16,18,20,23H,4,7-8,11-12,14-15,17H2,1-2H3,(H,26,27,28). The second kappa shape index (κ2) is 8.88. The molecule has 32 heavy (non-hydrogen) atoms. The molecule has 2 aromatic heterocycles. The van der Waals surface area contributed by atoms with E-state index in [0.717, 1.165) is 24.0 Å². The van der Waals surface area contributed by atoms with E-state index in [1.54, 1.807) is 0 Å². The monoisotopic (exact) mass is 431 g/mol. The molecule has 168 valence electrons. The van der Waals surface area contributed by atoms with E-state index in [1.807, 2.05) is 25.4 Å². The van der Waals surface area contributed by atoms with Gasteiger partial charge in [0.25, 0.3) is 0 Å². The normalized spacial score (nSPS) is 18.8. The molecule has 2 fully saturated rings. The number of rotatable bonds is 8. The highest BCUT2D eigenvalue weighted by Crippen LogP contribution is 2.43. The second-order valence-corrected chi connectivity index (χ2v) is 9.69. The van der Waals surface area contributed by atoms with E-state index in [0.29, 0.717) is 5.92 Å². The SMILES string of the molecule is CN(Cc1ccccc1)c1nccc(NC(c2cn(C3(C)CC3)nn2)C2CCCCC2)n1. The van der Waals surface area contributed by atoms with Gasteiger partial charge in [-0.3, -0.25) is 0 Å². The van der Waals surface area contributed by atoms with Crippen molar-refractivity contribution in [1.82, 2.24) is 25.0 Å². The van der Waals surface area contributed by atoms with Gasteiger partial charge in [-0.05, 0) is 50.2 Å². The molecule has 7 nitrogen and oxygen atoms in total. The molecule has 7 heteroatoms. The maximum atomic E-state index is 4.85. The van der Waals surface area contributed by atoms with E-state index < -0.39 is 0 Å². The molecule has 2 heterocycles. The first kappa shape index (κ1) is 20.9. The number of hydrogen-bond acceptors (Lipinski definition) is 6. The summed E-state index contributed by atoms with van der Waals surface area (Å²) in [5, 5.41) is 12.8. The molecular weight excluding hydrogens is 398 g/mol. The van der Waals surface area contributed by atoms with Crippen LogP contribution in [-0.4, -0.2) is 32.0 Å². The van der Waals surface area contributed by atoms with Crippen LogP contribution in [0.4, 0.5) is 11.8 Å². The van der Waals surface area contributed by atoms with E-state index in [2.05, 4.69) is 67.6 Å². The maximum Gasteiger partial charge on any atom is 0.227 e. The average molecular weight is 432 g/mol. The van der Waals surface area contributed by atoms with Crippen LogP contribution >= 0.6 is 0 Å². The van der Waals surface area contributed by atoms with E-state index in [9.17, 15) is 0 Å². The van der Waals surface area contributed by atoms with Crippen LogP contribution in [0, 0.1) is 5.92 Å². The van der Waals surface area contributed by atoms with Crippen molar-refractivity contribution in [3.63, 3.8) is 0 Å². The predicted molar refractivity (Wildman–Crippen MR) is 126 cm³/mol. The Bertz CT molecular complexity index is 1020. The van der Waals surface area contributed by atoms with Crippen molar-refractivity contribution >= 4 is 11.8 Å². The summed E-state index contributed by atoms with van der Waals surface area (Å²) < 4.78 is 2.07. The molecule has 0 radical (unpaired) electrons. The van der Waals surface area contributed by atoms with E-state index in [-0.39, 0.29) is 11.6 Å². The Morgan fingerprint density at radius 2 is 1.91 bits per heavy atom. The third-order valence-corrected chi connectivity index (χ3v) is 7.03. The zero-order valence-corrected chi connectivity index (χ0v) is 19.1. The third kappa shape index (κ3) is 4.61. The van der Waals surface area contributed by atoms with Gasteiger partial charge in [0.05, 0.1) is 17.8 Å². The van der Waals surface area contributed by atoms with Gasteiger partial charge in [-0.25, -0.2) is 9.67 Å². The Morgan fingerprint density at radius 1 is 1.12 bits per heavy atom. The quantitative estimate of drug-likeness (QED) is 0.544. The van der Waals surface area contributed by atoms with E-state index >= 15 is 0 Å². The van der Waals surface area contributed by atoms with Crippen molar-refractivity contribution in [1.29, 1.82) is 0 Å². The molecule has 2 aliphatic carbocycles. The van der Waals surface area contributed by atoms with E-state index in [4.69, 9.17) is 4.98 Å².